The van der Waals surface area contributed by atoms with E-state index in [1.54, 1.807) is 11.3 Å². The first kappa shape index (κ1) is 11.8. The average molecular weight is 272 g/mol. The van der Waals surface area contributed by atoms with E-state index >= 15 is 0 Å². The molecule has 0 unspecified atom stereocenters. The molecule has 2 fully saturated rings. The van der Waals surface area contributed by atoms with Crippen LogP contribution in [0.5, 0.6) is 0 Å². The Hall–Kier alpha value is -0.320. The van der Waals surface area contributed by atoms with Gasteiger partial charge in [0.05, 0.1) is 4.88 Å². The van der Waals surface area contributed by atoms with Gasteiger partial charge in [0.2, 0.25) is 0 Å². The fourth-order valence-electron chi connectivity index (χ4n) is 2.18. The number of piperidine rings is 1. The van der Waals surface area contributed by atoms with E-state index in [-0.39, 0.29) is 0 Å². The largest absolute Gasteiger partial charge is 0.348 e. The van der Waals surface area contributed by atoms with Crippen molar-refractivity contribution >= 4 is 28.1 Å². The van der Waals surface area contributed by atoms with E-state index in [0.29, 0.717) is 5.15 Å². The number of rotatable bonds is 4. The predicted octanol–water partition coefficient (Wildman–Crippen LogP) is 3.04. The lowest BCUT2D eigenvalue weighted by atomic mass is 10.1. The summed E-state index contributed by atoms with van der Waals surface area (Å²) in [5, 5.41) is 5.31. The van der Waals surface area contributed by atoms with E-state index in [1.165, 1.54) is 37.0 Å². The van der Waals surface area contributed by atoms with Gasteiger partial charge < -0.3 is 10.2 Å². The minimum Gasteiger partial charge on any atom is -0.348 e. The zero-order valence-electron chi connectivity index (χ0n) is 9.91. The van der Waals surface area contributed by atoms with Crippen LogP contribution in [0.25, 0.3) is 0 Å². The average Bonchev–Trinajstić information content (AvgIpc) is 3.12. The summed E-state index contributed by atoms with van der Waals surface area (Å²) >= 11 is 7.96. The normalized spacial score (nSPS) is 20.9. The van der Waals surface area contributed by atoms with Gasteiger partial charge in [-0.05, 0) is 32.1 Å². The highest BCUT2D eigenvalue weighted by Gasteiger charge is 2.22. The number of nitrogens with one attached hydrogen (secondary N) is 1. The van der Waals surface area contributed by atoms with Gasteiger partial charge in [-0.25, -0.2) is 4.98 Å². The maximum Gasteiger partial charge on any atom is 0.187 e. The Bertz CT molecular complexity index is 383. The summed E-state index contributed by atoms with van der Waals surface area (Å²) in [5.74, 6) is 0. The van der Waals surface area contributed by atoms with Crippen molar-refractivity contribution in [2.24, 2.45) is 0 Å². The maximum absolute atomic E-state index is 6.20. The molecule has 0 amide bonds. The van der Waals surface area contributed by atoms with Gasteiger partial charge in [-0.3, -0.25) is 0 Å². The molecule has 3 rings (SSSR count). The molecule has 1 saturated carbocycles. The van der Waals surface area contributed by atoms with Gasteiger partial charge in [-0.15, -0.1) is 0 Å². The number of anilines is 1. The van der Waals surface area contributed by atoms with E-state index < -0.39 is 0 Å². The molecule has 17 heavy (non-hydrogen) atoms. The Labute approximate surface area is 111 Å². The molecule has 0 atom stereocenters. The van der Waals surface area contributed by atoms with Crippen LogP contribution < -0.4 is 10.2 Å². The molecule has 1 saturated heterocycles. The van der Waals surface area contributed by atoms with Gasteiger partial charge in [0.25, 0.3) is 0 Å². The lowest BCUT2D eigenvalue weighted by molar-refractivity contribution is 0.577. The number of hydrogen-bond donors (Lipinski definition) is 1. The van der Waals surface area contributed by atoms with Gasteiger partial charge in [0.1, 0.15) is 5.15 Å². The molecule has 0 bridgehead atoms. The standard InChI is InChI=1S/C12H18ClN3S/c13-11-10(8-14-9-4-5-9)17-12(15-11)16-6-2-1-3-7-16/h9,14H,1-8H2. The highest BCUT2D eigenvalue weighted by Crippen LogP contribution is 2.32. The predicted molar refractivity (Wildman–Crippen MR) is 73.0 cm³/mol. The summed E-state index contributed by atoms with van der Waals surface area (Å²) in [4.78, 5) is 8.07. The van der Waals surface area contributed by atoms with Crippen LogP contribution >= 0.6 is 22.9 Å². The van der Waals surface area contributed by atoms with Gasteiger partial charge in [0.15, 0.2) is 5.13 Å². The van der Waals surface area contributed by atoms with Crippen molar-refractivity contribution in [1.82, 2.24) is 10.3 Å². The molecule has 94 valence electrons. The molecule has 1 aliphatic carbocycles. The van der Waals surface area contributed by atoms with E-state index in [0.717, 1.165) is 30.8 Å². The molecule has 1 aromatic rings. The molecular weight excluding hydrogens is 254 g/mol. The minimum absolute atomic E-state index is 0.698. The molecule has 0 radical (unpaired) electrons. The molecular formula is C12H18ClN3S. The van der Waals surface area contributed by atoms with Crippen LogP contribution in [-0.2, 0) is 6.54 Å². The molecule has 3 nitrogen and oxygen atoms in total. The Balaban J connectivity index is 1.65. The summed E-state index contributed by atoms with van der Waals surface area (Å²) in [6.45, 7) is 3.16. The molecule has 5 heteroatoms. The summed E-state index contributed by atoms with van der Waals surface area (Å²) in [7, 11) is 0. The van der Waals surface area contributed by atoms with Crippen molar-refractivity contribution in [1.29, 1.82) is 0 Å². The zero-order chi connectivity index (χ0) is 11.7. The van der Waals surface area contributed by atoms with Crippen LogP contribution in [0.4, 0.5) is 5.13 Å². The van der Waals surface area contributed by atoms with Crippen LogP contribution in [0, 0.1) is 0 Å². The Morgan fingerprint density at radius 1 is 1.29 bits per heavy atom. The lowest BCUT2D eigenvalue weighted by Crippen LogP contribution is -2.29. The second kappa shape index (κ2) is 5.12. The third-order valence-electron chi connectivity index (χ3n) is 3.39. The number of hydrogen-bond acceptors (Lipinski definition) is 4. The topological polar surface area (TPSA) is 28.2 Å². The van der Waals surface area contributed by atoms with Crippen molar-refractivity contribution < 1.29 is 0 Å². The van der Waals surface area contributed by atoms with Crippen LogP contribution in [-0.4, -0.2) is 24.1 Å². The number of halogens is 1. The van der Waals surface area contributed by atoms with Crippen molar-refractivity contribution in [3.8, 4) is 0 Å². The van der Waals surface area contributed by atoms with Crippen LogP contribution in [0.2, 0.25) is 5.15 Å². The van der Waals surface area contributed by atoms with E-state index in [2.05, 4.69) is 15.2 Å². The van der Waals surface area contributed by atoms with Crippen molar-refractivity contribution in [2.75, 3.05) is 18.0 Å². The summed E-state index contributed by atoms with van der Waals surface area (Å²) in [6.07, 6.45) is 6.55. The first-order chi connectivity index (χ1) is 8.33. The second-order valence-corrected chi connectivity index (χ2v) is 6.33. The van der Waals surface area contributed by atoms with Crippen molar-refractivity contribution in [3.63, 3.8) is 0 Å². The summed E-state index contributed by atoms with van der Waals surface area (Å²) in [6, 6.07) is 0.728. The number of aromatic nitrogens is 1. The fourth-order valence-corrected chi connectivity index (χ4v) is 3.44. The van der Waals surface area contributed by atoms with E-state index in [1.807, 2.05) is 0 Å². The SMILES string of the molecule is Clc1nc(N2CCCCC2)sc1CNC1CC1. The van der Waals surface area contributed by atoms with E-state index in [4.69, 9.17) is 11.6 Å². The molecule has 2 heterocycles. The third kappa shape index (κ3) is 2.92. The number of thiazole rings is 1. The monoisotopic (exact) mass is 271 g/mol. The van der Waals surface area contributed by atoms with E-state index in [9.17, 15) is 0 Å². The first-order valence-corrected chi connectivity index (χ1v) is 7.66. The van der Waals surface area contributed by atoms with Gasteiger partial charge >= 0.3 is 0 Å². The third-order valence-corrected chi connectivity index (χ3v) is 4.93. The van der Waals surface area contributed by atoms with Crippen molar-refractivity contribution in [3.05, 3.63) is 10.0 Å². The molecule has 0 aromatic carbocycles. The maximum atomic E-state index is 6.20. The highest BCUT2D eigenvalue weighted by molar-refractivity contribution is 7.16. The second-order valence-electron chi connectivity index (χ2n) is 4.91. The summed E-state index contributed by atoms with van der Waals surface area (Å²) in [5.41, 5.74) is 0. The van der Waals surface area contributed by atoms with Gasteiger partial charge in [0, 0.05) is 25.7 Å². The molecule has 0 spiro atoms. The van der Waals surface area contributed by atoms with Crippen LogP contribution in [0.1, 0.15) is 37.0 Å². The molecule has 1 aliphatic heterocycles. The van der Waals surface area contributed by atoms with Gasteiger partial charge in [-0.2, -0.15) is 0 Å². The lowest BCUT2D eigenvalue weighted by Gasteiger charge is -2.25. The van der Waals surface area contributed by atoms with Gasteiger partial charge in [-0.1, -0.05) is 22.9 Å². The first-order valence-electron chi connectivity index (χ1n) is 6.46. The molecule has 2 aliphatic rings. The summed E-state index contributed by atoms with van der Waals surface area (Å²) < 4.78 is 0. The number of nitrogens with zero attached hydrogens (tertiary/aromatic N) is 2. The van der Waals surface area contributed by atoms with Crippen molar-refractivity contribution in [2.45, 2.75) is 44.7 Å². The quantitative estimate of drug-likeness (QED) is 0.912. The minimum atomic E-state index is 0.698. The smallest absolute Gasteiger partial charge is 0.187 e. The van der Waals surface area contributed by atoms with Crippen LogP contribution in [0.15, 0.2) is 0 Å². The zero-order valence-corrected chi connectivity index (χ0v) is 11.5. The highest BCUT2D eigenvalue weighted by atomic mass is 35.5. The fraction of sp³-hybridized carbons (Fsp3) is 0.750. The Kier molecular flexibility index (Phi) is 3.54. The Morgan fingerprint density at radius 2 is 2.06 bits per heavy atom. The molecule has 1 N–H and O–H groups in total. The van der Waals surface area contributed by atoms with Crippen LogP contribution in [0.3, 0.4) is 0 Å². The molecule has 1 aromatic heterocycles. The Morgan fingerprint density at radius 3 is 2.76 bits per heavy atom.